The van der Waals surface area contributed by atoms with Crippen molar-refractivity contribution in [3.05, 3.63) is 0 Å². The van der Waals surface area contributed by atoms with Crippen LogP contribution in [0.25, 0.3) is 0 Å². The normalized spacial score (nSPS) is 27.5. The molecule has 14 heavy (non-hydrogen) atoms. The van der Waals surface area contributed by atoms with Gasteiger partial charge in [0.2, 0.25) is 0 Å². The summed E-state index contributed by atoms with van der Waals surface area (Å²) < 4.78 is 10.4. The highest BCUT2D eigenvalue weighted by molar-refractivity contribution is 5.70. The van der Waals surface area contributed by atoms with Crippen LogP contribution in [-0.2, 0) is 14.3 Å². The third-order valence-corrected chi connectivity index (χ3v) is 2.59. The summed E-state index contributed by atoms with van der Waals surface area (Å²) in [5.74, 6) is -1.09. The van der Waals surface area contributed by atoms with Gasteiger partial charge in [0.25, 0.3) is 0 Å². The van der Waals surface area contributed by atoms with Gasteiger partial charge < -0.3 is 14.6 Å². The van der Waals surface area contributed by atoms with Crippen LogP contribution in [0, 0.1) is 5.92 Å². The maximum atomic E-state index is 10.9. The van der Waals surface area contributed by atoms with Gasteiger partial charge in [-0.05, 0) is 19.8 Å². The lowest BCUT2D eigenvalue weighted by molar-refractivity contribution is -0.158. The first-order valence-electron chi connectivity index (χ1n) is 5.18. The molecule has 0 heterocycles. The van der Waals surface area contributed by atoms with Crippen molar-refractivity contribution in [3.8, 4) is 0 Å². The molecule has 1 fully saturated rings. The van der Waals surface area contributed by atoms with Gasteiger partial charge >= 0.3 is 5.97 Å². The highest BCUT2D eigenvalue weighted by Gasteiger charge is 2.31. The van der Waals surface area contributed by atoms with Gasteiger partial charge in [0.15, 0.2) is 0 Å². The van der Waals surface area contributed by atoms with Gasteiger partial charge in [-0.15, -0.1) is 0 Å². The molecule has 0 radical (unpaired) electrons. The predicted octanol–water partition coefficient (Wildman–Crippen LogP) is 1.64. The molecule has 2 unspecified atom stereocenters. The van der Waals surface area contributed by atoms with Gasteiger partial charge in [0.05, 0.1) is 12.0 Å². The Morgan fingerprint density at radius 2 is 2.14 bits per heavy atom. The van der Waals surface area contributed by atoms with E-state index >= 15 is 0 Å². The van der Waals surface area contributed by atoms with Gasteiger partial charge in [-0.3, -0.25) is 4.79 Å². The molecule has 4 nitrogen and oxygen atoms in total. The zero-order chi connectivity index (χ0) is 10.4. The Balaban J connectivity index is 2.34. The molecular formula is C10H18O4. The minimum atomic E-state index is -0.744. The minimum absolute atomic E-state index is 0.159. The number of carbonyl (C=O) groups is 1. The van der Waals surface area contributed by atoms with Crippen molar-refractivity contribution in [3.63, 3.8) is 0 Å². The van der Waals surface area contributed by atoms with E-state index < -0.39 is 5.97 Å². The highest BCUT2D eigenvalue weighted by Crippen LogP contribution is 2.26. The lowest BCUT2D eigenvalue weighted by atomic mass is 9.86. The molecule has 2 atom stereocenters. The van der Waals surface area contributed by atoms with E-state index in [1.807, 2.05) is 6.92 Å². The first kappa shape index (κ1) is 11.5. The fraction of sp³-hybridized carbons (Fsp3) is 0.900. The van der Waals surface area contributed by atoms with Crippen LogP contribution in [0.15, 0.2) is 0 Å². The molecule has 1 rings (SSSR count). The topological polar surface area (TPSA) is 55.8 Å². The molecular weight excluding hydrogens is 184 g/mol. The lowest BCUT2D eigenvalue weighted by Gasteiger charge is -2.28. The average molecular weight is 202 g/mol. The number of hydrogen-bond donors (Lipinski definition) is 1. The van der Waals surface area contributed by atoms with Gasteiger partial charge in [-0.25, -0.2) is 0 Å². The van der Waals surface area contributed by atoms with E-state index in [1.54, 1.807) is 0 Å². The monoisotopic (exact) mass is 202 g/mol. The van der Waals surface area contributed by atoms with E-state index in [0.29, 0.717) is 6.61 Å². The standard InChI is InChI=1S/C10H18O4/c1-2-13-7-14-9-6-4-3-5-8(9)10(11)12/h8-9H,2-7H2,1H3,(H,11,12). The Labute approximate surface area is 84.2 Å². The van der Waals surface area contributed by atoms with Crippen LogP contribution in [0.4, 0.5) is 0 Å². The molecule has 0 saturated heterocycles. The van der Waals surface area contributed by atoms with Crippen molar-refractivity contribution < 1.29 is 19.4 Å². The molecule has 1 aliphatic rings. The Hall–Kier alpha value is -0.610. The van der Waals surface area contributed by atoms with E-state index in [-0.39, 0.29) is 18.8 Å². The van der Waals surface area contributed by atoms with Crippen molar-refractivity contribution in [1.82, 2.24) is 0 Å². The van der Waals surface area contributed by atoms with E-state index in [1.165, 1.54) is 0 Å². The number of rotatable bonds is 5. The van der Waals surface area contributed by atoms with Crippen LogP contribution in [-0.4, -0.2) is 30.6 Å². The third-order valence-electron chi connectivity index (χ3n) is 2.59. The van der Waals surface area contributed by atoms with E-state index in [2.05, 4.69) is 0 Å². The summed E-state index contributed by atoms with van der Waals surface area (Å²) in [5.41, 5.74) is 0. The molecule has 1 N–H and O–H groups in total. The average Bonchev–Trinajstić information content (AvgIpc) is 2.19. The zero-order valence-electron chi connectivity index (χ0n) is 8.57. The maximum Gasteiger partial charge on any atom is 0.309 e. The molecule has 82 valence electrons. The minimum Gasteiger partial charge on any atom is -0.481 e. The van der Waals surface area contributed by atoms with E-state index in [9.17, 15) is 4.79 Å². The number of ether oxygens (including phenoxy) is 2. The molecule has 0 aromatic heterocycles. The first-order chi connectivity index (χ1) is 6.75. The summed E-state index contributed by atoms with van der Waals surface area (Å²) in [6, 6.07) is 0. The number of aliphatic carboxylic acids is 1. The summed E-state index contributed by atoms with van der Waals surface area (Å²) in [6.45, 7) is 2.70. The summed E-state index contributed by atoms with van der Waals surface area (Å²) >= 11 is 0. The van der Waals surface area contributed by atoms with Crippen molar-refractivity contribution >= 4 is 5.97 Å². The second-order valence-electron chi connectivity index (χ2n) is 3.54. The zero-order valence-corrected chi connectivity index (χ0v) is 8.57. The second-order valence-corrected chi connectivity index (χ2v) is 3.54. The number of carboxylic acids is 1. The Kier molecular flexibility index (Phi) is 4.90. The van der Waals surface area contributed by atoms with E-state index in [4.69, 9.17) is 14.6 Å². The van der Waals surface area contributed by atoms with Crippen molar-refractivity contribution in [2.24, 2.45) is 5.92 Å². The van der Waals surface area contributed by atoms with Crippen LogP contribution >= 0.6 is 0 Å². The van der Waals surface area contributed by atoms with Crippen molar-refractivity contribution in [1.29, 1.82) is 0 Å². The summed E-state index contributed by atoms with van der Waals surface area (Å²) in [5, 5.41) is 8.94. The summed E-state index contributed by atoms with van der Waals surface area (Å²) in [6.07, 6.45) is 3.45. The van der Waals surface area contributed by atoms with Crippen LogP contribution in [0.1, 0.15) is 32.6 Å². The van der Waals surface area contributed by atoms with Gasteiger partial charge in [0.1, 0.15) is 6.79 Å². The van der Waals surface area contributed by atoms with Gasteiger partial charge in [0, 0.05) is 6.61 Å². The molecule has 1 saturated carbocycles. The molecule has 0 aromatic rings. The molecule has 0 aliphatic heterocycles. The molecule has 4 heteroatoms. The SMILES string of the molecule is CCOCOC1CCCCC1C(=O)O. The van der Waals surface area contributed by atoms with Gasteiger partial charge in [-0.2, -0.15) is 0 Å². The highest BCUT2D eigenvalue weighted by atomic mass is 16.7. The fourth-order valence-electron chi connectivity index (χ4n) is 1.80. The Bertz CT molecular complexity index is 181. The van der Waals surface area contributed by atoms with Gasteiger partial charge in [-0.1, -0.05) is 12.8 Å². The van der Waals surface area contributed by atoms with E-state index in [0.717, 1.165) is 25.7 Å². The van der Waals surface area contributed by atoms with Crippen molar-refractivity contribution in [2.45, 2.75) is 38.7 Å². The third kappa shape index (κ3) is 3.27. The largest absolute Gasteiger partial charge is 0.481 e. The number of hydrogen-bond acceptors (Lipinski definition) is 3. The molecule has 0 spiro atoms. The first-order valence-corrected chi connectivity index (χ1v) is 5.18. The molecule has 0 bridgehead atoms. The van der Waals surface area contributed by atoms with Crippen molar-refractivity contribution in [2.75, 3.05) is 13.4 Å². The lowest BCUT2D eigenvalue weighted by Crippen LogP contribution is -2.34. The molecule has 0 amide bonds. The van der Waals surface area contributed by atoms with Crippen LogP contribution in [0.5, 0.6) is 0 Å². The van der Waals surface area contributed by atoms with Crippen LogP contribution in [0.2, 0.25) is 0 Å². The Morgan fingerprint density at radius 1 is 1.43 bits per heavy atom. The summed E-state index contributed by atoms with van der Waals surface area (Å²) in [7, 11) is 0. The Morgan fingerprint density at radius 3 is 2.79 bits per heavy atom. The second kappa shape index (κ2) is 5.98. The maximum absolute atomic E-state index is 10.9. The number of carboxylic acid groups (broad SMARTS) is 1. The summed E-state index contributed by atoms with van der Waals surface area (Å²) in [4.78, 5) is 10.9. The quantitative estimate of drug-likeness (QED) is 0.544. The fourth-order valence-corrected chi connectivity index (χ4v) is 1.80. The van der Waals surface area contributed by atoms with Crippen LogP contribution in [0.3, 0.4) is 0 Å². The smallest absolute Gasteiger partial charge is 0.309 e. The predicted molar refractivity (Wildman–Crippen MR) is 51.0 cm³/mol. The van der Waals surface area contributed by atoms with Crippen LogP contribution < -0.4 is 0 Å². The molecule has 0 aromatic carbocycles. The molecule has 1 aliphatic carbocycles.